The number of amides is 2. The summed E-state index contributed by atoms with van der Waals surface area (Å²) < 4.78 is 5.55. The van der Waals surface area contributed by atoms with Crippen molar-refractivity contribution in [3.05, 3.63) is 65.2 Å². The Kier molecular flexibility index (Phi) is 7.19. The molecule has 0 radical (unpaired) electrons. The maximum Gasteiger partial charge on any atom is 0.335 e. The van der Waals surface area contributed by atoms with Crippen LogP contribution in [0.2, 0.25) is 0 Å². The van der Waals surface area contributed by atoms with E-state index in [1.165, 1.54) is 12.1 Å². The number of hydrogen-bond acceptors (Lipinski definition) is 4. The highest BCUT2D eigenvalue weighted by Gasteiger charge is 2.10. The molecule has 4 N–H and O–H groups in total. The average molecular weight is 372 g/mol. The first kappa shape index (κ1) is 20.3. The van der Waals surface area contributed by atoms with E-state index in [4.69, 9.17) is 9.84 Å². The van der Waals surface area contributed by atoms with Crippen LogP contribution >= 0.6 is 0 Å². The van der Waals surface area contributed by atoms with Gasteiger partial charge < -0.3 is 25.6 Å². The lowest BCUT2D eigenvalue weighted by Crippen LogP contribution is -2.37. The van der Waals surface area contributed by atoms with Crippen LogP contribution in [-0.2, 0) is 6.54 Å². The smallest absolute Gasteiger partial charge is 0.335 e. The molecule has 0 bridgehead atoms. The van der Waals surface area contributed by atoms with Gasteiger partial charge in [-0.2, -0.15) is 0 Å². The predicted molar refractivity (Wildman–Crippen MR) is 101 cm³/mol. The second-order valence-electron chi connectivity index (χ2n) is 6.32. The first-order chi connectivity index (χ1) is 12.8. The summed E-state index contributed by atoms with van der Waals surface area (Å²) in [5, 5.41) is 24.3. The number of aliphatic hydroxyl groups excluding tert-OH is 1. The Labute approximate surface area is 158 Å². The lowest BCUT2D eigenvalue weighted by Gasteiger charge is -2.14. The number of carboxylic acids is 1. The van der Waals surface area contributed by atoms with E-state index >= 15 is 0 Å². The molecule has 7 heteroatoms. The van der Waals surface area contributed by atoms with Crippen molar-refractivity contribution >= 4 is 12.0 Å². The van der Waals surface area contributed by atoms with Crippen LogP contribution in [0.5, 0.6) is 5.75 Å². The second-order valence-corrected chi connectivity index (χ2v) is 6.32. The summed E-state index contributed by atoms with van der Waals surface area (Å²) in [4.78, 5) is 22.7. The molecule has 27 heavy (non-hydrogen) atoms. The van der Waals surface area contributed by atoms with E-state index in [2.05, 4.69) is 10.6 Å². The number of aliphatic hydroxyl groups is 1. The minimum Gasteiger partial charge on any atom is -0.491 e. The Hall–Kier alpha value is -3.06. The number of hydrogen-bond donors (Lipinski definition) is 4. The molecule has 2 amide bonds. The highest BCUT2D eigenvalue weighted by molar-refractivity contribution is 5.87. The first-order valence-electron chi connectivity index (χ1n) is 8.63. The van der Waals surface area contributed by atoms with Gasteiger partial charge in [-0.1, -0.05) is 24.3 Å². The third-order valence-electron chi connectivity index (χ3n) is 3.75. The van der Waals surface area contributed by atoms with Gasteiger partial charge >= 0.3 is 12.0 Å². The van der Waals surface area contributed by atoms with Crippen molar-refractivity contribution in [2.75, 3.05) is 6.54 Å². The van der Waals surface area contributed by atoms with Gasteiger partial charge in [0.15, 0.2) is 0 Å². The van der Waals surface area contributed by atoms with E-state index in [9.17, 15) is 14.7 Å². The lowest BCUT2D eigenvalue weighted by atomic mass is 10.1. The van der Waals surface area contributed by atoms with E-state index < -0.39 is 18.1 Å². The highest BCUT2D eigenvalue weighted by Crippen LogP contribution is 2.18. The number of aromatic carboxylic acids is 1. The molecule has 0 saturated heterocycles. The van der Waals surface area contributed by atoms with Crippen LogP contribution in [0.15, 0.2) is 48.5 Å². The topological polar surface area (TPSA) is 108 Å². The molecule has 0 aliphatic rings. The predicted octanol–water partition coefficient (Wildman–Crippen LogP) is 2.70. The summed E-state index contributed by atoms with van der Waals surface area (Å²) in [5.74, 6) is -0.273. The van der Waals surface area contributed by atoms with E-state index in [1.54, 1.807) is 36.4 Å². The summed E-state index contributed by atoms with van der Waals surface area (Å²) in [7, 11) is 0. The van der Waals surface area contributed by atoms with Crippen LogP contribution in [0.1, 0.15) is 41.4 Å². The molecule has 2 aromatic carbocycles. The van der Waals surface area contributed by atoms with Crippen molar-refractivity contribution in [1.82, 2.24) is 10.6 Å². The third kappa shape index (κ3) is 6.63. The summed E-state index contributed by atoms with van der Waals surface area (Å²) in [5.41, 5.74) is 1.64. The second kappa shape index (κ2) is 9.59. The molecule has 7 nitrogen and oxygen atoms in total. The fourth-order valence-electron chi connectivity index (χ4n) is 2.36. The molecule has 0 fully saturated rings. The summed E-state index contributed by atoms with van der Waals surface area (Å²) >= 11 is 0. The molecular formula is C20H24N2O5. The number of benzene rings is 2. The molecule has 0 heterocycles. The molecule has 0 aliphatic heterocycles. The largest absolute Gasteiger partial charge is 0.491 e. The zero-order valence-electron chi connectivity index (χ0n) is 15.3. The van der Waals surface area contributed by atoms with Gasteiger partial charge in [0, 0.05) is 13.1 Å². The molecule has 2 rings (SSSR count). The Bertz CT molecular complexity index is 757. The summed E-state index contributed by atoms with van der Waals surface area (Å²) in [6.07, 6.45) is -0.759. The van der Waals surface area contributed by atoms with E-state index in [0.29, 0.717) is 5.56 Å². The molecule has 1 unspecified atom stereocenters. The average Bonchev–Trinajstić information content (AvgIpc) is 2.65. The first-order valence-corrected chi connectivity index (χ1v) is 8.63. The quantitative estimate of drug-likeness (QED) is 0.570. The number of ether oxygens (including phenoxy) is 1. The molecule has 0 aliphatic carbocycles. The van der Waals surface area contributed by atoms with Crippen molar-refractivity contribution < 1.29 is 24.5 Å². The fourth-order valence-corrected chi connectivity index (χ4v) is 2.36. The highest BCUT2D eigenvalue weighted by atomic mass is 16.5. The van der Waals surface area contributed by atoms with Gasteiger partial charge in [0.1, 0.15) is 5.75 Å². The summed E-state index contributed by atoms with van der Waals surface area (Å²) in [6, 6.07) is 12.9. The van der Waals surface area contributed by atoms with Crippen LogP contribution in [0.3, 0.4) is 0 Å². The Morgan fingerprint density at radius 1 is 1.00 bits per heavy atom. The van der Waals surface area contributed by atoms with Crippen LogP contribution < -0.4 is 15.4 Å². The monoisotopic (exact) mass is 372 g/mol. The van der Waals surface area contributed by atoms with Crippen molar-refractivity contribution in [1.29, 1.82) is 0 Å². The molecule has 1 atom stereocenters. The Balaban J connectivity index is 1.76. The molecule has 2 aromatic rings. The van der Waals surface area contributed by atoms with Crippen molar-refractivity contribution in [2.45, 2.75) is 32.6 Å². The van der Waals surface area contributed by atoms with Gasteiger partial charge in [0.2, 0.25) is 0 Å². The van der Waals surface area contributed by atoms with Crippen LogP contribution in [-0.4, -0.2) is 34.9 Å². The van der Waals surface area contributed by atoms with Gasteiger partial charge in [0.05, 0.1) is 17.8 Å². The van der Waals surface area contributed by atoms with Gasteiger partial charge in [-0.05, 0) is 49.2 Å². The number of urea groups is 1. The zero-order chi connectivity index (χ0) is 19.8. The minimum atomic E-state index is -0.995. The fraction of sp³-hybridized carbons (Fsp3) is 0.300. The third-order valence-corrected chi connectivity index (χ3v) is 3.75. The van der Waals surface area contributed by atoms with Gasteiger partial charge in [-0.15, -0.1) is 0 Å². The van der Waals surface area contributed by atoms with Gasteiger partial charge in [-0.25, -0.2) is 9.59 Å². The van der Waals surface area contributed by atoms with E-state index in [1.807, 2.05) is 13.8 Å². The molecule has 0 saturated carbocycles. The number of nitrogens with one attached hydrogen (secondary N) is 2. The maximum absolute atomic E-state index is 11.9. The number of carboxylic acid groups (broad SMARTS) is 1. The van der Waals surface area contributed by atoms with Gasteiger partial charge in [-0.3, -0.25) is 0 Å². The van der Waals surface area contributed by atoms with Crippen LogP contribution in [0, 0.1) is 0 Å². The molecule has 0 spiro atoms. The van der Waals surface area contributed by atoms with Crippen LogP contribution in [0.25, 0.3) is 0 Å². The number of rotatable bonds is 8. The van der Waals surface area contributed by atoms with Gasteiger partial charge in [0.25, 0.3) is 0 Å². The standard InChI is InChI=1S/C20H24N2O5/c1-13(2)27-17-9-7-15(8-10-17)18(23)12-22-20(26)21-11-14-3-5-16(6-4-14)19(24)25/h3-10,13,18,23H,11-12H2,1-2H3,(H,24,25)(H2,21,22,26). The molecular weight excluding hydrogens is 348 g/mol. The number of carbonyl (C=O) groups is 2. The Morgan fingerprint density at radius 2 is 1.63 bits per heavy atom. The van der Waals surface area contributed by atoms with Crippen molar-refractivity contribution in [3.63, 3.8) is 0 Å². The van der Waals surface area contributed by atoms with Crippen molar-refractivity contribution in [2.24, 2.45) is 0 Å². The lowest BCUT2D eigenvalue weighted by molar-refractivity contribution is 0.0697. The van der Waals surface area contributed by atoms with E-state index in [0.717, 1.165) is 11.3 Å². The molecule has 144 valence electrons. The zero-order valence-corrected chi connectivity index (χ0v) is 15.3. The van der Waals surface area contributed by atoms with Crippen molar-refractivity contribution in [3.8, 4) is 5.75 Å². The normalized spacial score (nSPS) is 11.7. The van der Waals surface area contributed by atoms with Crippen LogP contribution in [0.4, 0.5) is 4.79 Å². The Morgan fingerprint density at radius 3 is 2.19 bits per heavy atom. The summed E-state index contributed by atoms with van der Waals surface area (Å²) in [6.45, 7) is 4.19. The van der Waals surface area contributed by atoms with E-state index in [-0.39, 0.29) is 24.8 Å². The minimum absolute atomic E-state index is 0.0637. The number of carbonyl (C=O) groups excluding carboxylic acids is 1. The molecule has 0 aromatic heterocycles. The maximum atomic E-state index is 11.9. The SMILES string of the molecule is CC(C)Oc1ccc(C(O)CNC(=O)NCc2ccc(C(=O)O)cc2)cc1.